The molecule has 2 fully saturated rings. The molecule has 2 heterocycles. The van der Waals surface area contributed by atoms with Gasteiger partial charge in [0.15, 0.2) is 0 Å². The van der Waals surface area contributed by atoms with Crippen molar-refractivity contribution < 1.29 is 9.90 Å². The maximum atomic E-state index is 11.5. The largest absolute Gasteiger partial charge is 0.481 e. The van der Waals surface area contributed by atoms with E-state index in [1.807, 2.05) is 6.92 Å². The lowest BCUT2D eigenvalue weighted by molar-refractivity contribution is -0.148. The molecule has 0 amide bonds. The number of nitrogens with zero attached hydrogens (tertiary/aromatic N) is 2. The Labute approximate surface area is 123 Å². The van der Waals surface area contributed by atoms with Gasteiger partial charge in [-0.05, 0) is 51.2 Å². The summed E-state index contributed by atoms with van der Waals surface area (Å²) < 4.78 is 0. The zero-order chi connectivity index (χ0) is 14.8. The van der Waals surface area contributed by atoms with E-state index in [0.717, 1.165) is 31.8 Å². The van der Waals surface area contributed by atoms with Gasteiger partial charge in [-0.1, -0.05) is 20.8 Å². The third kappa shape index (κ3) is 3.34. The number of hydrogen-bond acceptors (Lipinski definition) is 3. The molecule has 116 valence electrons. The van der Waals surface area contributed by atoms with E-state index in [4.69, 9.17) is 0 Å². The second-order valence-electron chi connectivity index (χ2n) is 7.09. The summed E-state index contributed by atoms with van der Waals surface area (Å²) in [6, 6.07) is 0.603. The van der Waals surface area contributed by atoms with E-state index in [9.17, 15) is 9.90 Å². The molecule has 0 spiro atoms. The number of carboxylic acid groups (broad SMARTS) is 1. The Morgan fingerprint density at radius 2 is 1.95 bits per heavy atom. The second kappa shape index (κ2) is 6.44. The Hall–Kier alpha value is -0.610. The van der Waals surface area contributed by atoms with Crippen molar-refractivity contribution in [3.63, 3.8) is 0 Å². The zero-order valence-electron chi connectivity index (χ0n) is 13.3. The fourth-order valence-corrected chi connectivity index (χ4v) is 3.81. The van der Waals surface area contributed by atoms with E-state index in [1.165, 1.54) is 32.5 Å². The highest BCUT2D eigenvalue weighted by Gasteiger charge is 2.45. The molecule has 0 aromatic carbocycles. The van der Waals surface area contributed by atoms with Gasteiger partial charge in [0.1, 0.15) is 0 Å². The predicted octanol–water partition coefficient (Wildman–Crippen LogP) is 2.29. The lowest BCUT2D eigenvalue weighted by Gasteiger charge is -2.38. The van der Waals surface area contributed by atoms with E-state index in [1.54, 1.807) is 0 Å². The van der Waals surface area contributed by atoms with E-state index in [2.05, 4.69) is 23.6 Å². The summed E-state index contributed by atoms with van der Waals surface area (Å²) in [6.45, 7) is 11.8. The van der Waals surface area contributed by atoms with E-state index >= 15 is 0 Å². The maximum Gasteiger partial charge on any atom is 0.310 e. The van der Waals surface area contributed by atoms with Gasteiger partial charge in [0, 0.05) is 19.1 Å². The Bertz CT molecular complexity index is 337. The first kappa shape index (κ1) is 15.8. The van der Waals surface area contributed by atoms with Gasteiger partial charge in [-0.3, -0.25) is 9.69 Å². The highest BCUT2D eigenvalue weighted by molar-refractivity contribution is 5.75. The van der Waals surface area contributed by atoms with Crippen LogP contribution in [-0.4, -0.2) is 59.6 Å². The van der Waals surface area contributed by atoms with Gasteiger partial charge in [0.05, 0.1) is 5.41 Å². The lowest BCUT2D eigenvalue weighted by atomic mass is 9.84. The highest BCUT2D eigenvalue weighted by atomic mass is 16.4. The molecular weight excluding hydrogens is 252 g/mol. The van der Waals surface area contributed by atoms with Gasteiger partial charge < -0.3 is 10.0 Å². The predicted molar refractivity (Wildman–Crippen MR) is 80.8 cm³/mol. The Morgan fingerprint density at radius 3 is 2.40 bits per heavy atom. The molecule has 1 N–H and O–H groups in total. The number of piperidine rings is 1. The van der Waals surface area contributed by atoms with Crippen molar-refractivity contribution in [2.75, 3.05) is 32.7 Å². The molecule has 1 atom stereocenters. The van der Waals surface area contributed by atoms with Gasteiger partial charge in [0.25, 0.3) is 0 Å². The molecule has 20 heavy (non-hydrogen) atoms. The van der Waals surface area contributed by atoms with Crippen LogP contribution in [0.3, 0.4) is 0 Å². The highest BCUT2D eigenvalue weighted by Crippen LogP contribution is 2.36. The van der Waals surface area contributed by atoms with Crippen LogP contribution in [-0.2, 0) is 4.79 Å². The summed E-state index contributed by atoms with van der Waals surface area (Å²) in [6.07, 6.45) is 3.98. The smallest absolute Gasteiger partial charge is 0.310 e. The number of rotatable bonds is 5. The van der Waals surface area contributed by atoms with Crippen molar-refractivity contribution in [1.82, 2.24) is 9.80 Å². The van der Waals surface area contributed by atoms with Crippen molar-refractivity contribution in [2.24, 2.45) is 11.3 Å². The van der Waals surface area contributed by atoms with Crippen molar-refractivity contribution >= 4 is 5.97 Å². The summed E-state index contributed by atoms with van der Waals surface area (Å²) >= 11 is 0. The first-order valence-corrected chi connectivity index (χ1v) is 8.16. The quantitative estimate of drug-likeness (QED) is 0.840. The van der Waals surface area contributed by atoms with Gasteiger partial charge in [0.2, 0.25) is 0 Å². The third-order valence-electron chi connectivity index (χ3n) is 5.21. The van der Waals surface area contributed by atoms with Crippen LogP contribution in [0.5, 0.6) is 0 Å². The van der Waals surface area contributed by atoms with Gasteiger partial charge in [-0.2, -0.15) is 0 Å². The lowest BCUT2D eigenvalue weighted by Crippen LogP contribution is -2.46. The third-order valence-corrected chi connectivity index (χ3v) is 5.21. The van der Waals surface area contributed by atoms with Crippen LogP contribution in [0.2, 0.25) is 0 Å². The molecule has 2 rings (SSSR count). The summed E-state index contributed by atoms with van der Waals surface area (Å²) in [4.78, 5) is 16.5. The van der Waals surface area contributed by atoms with Crippen LogP contribution in [0.15, 0.2) is 0 Å². The molecule has 2 aliphatic rings. The van der Waals surface area contributed by atoms with Crippen LogP contribution < -0.4 is 0 Å². The molecule has 0 aromatic heterocycles. The standard InChI is InChI=1S/C16H30N2O2/c1-4-16(15(19)20)7-10-18(12-16)14-5-8-17(9-6-14)11-13(2)3/h13-14H,4-12H2,1-3H3,(H,19,20). The molecule has 0 radical (unpaired) electrons. The molecule has 2 aliphatic heterocycles. The summed E-state index contributed by atoms with van der Waals surface area (Å²) in [7, 11) is 0. The van der Waals surface area contributed by atoms with Gasteiger partial charge >= 0.3 is 5.97 Å². The number of aliphatic carboxylic acids is 1. The maximum absolute atomic E-state index is 11.5. The molecule has 1 unspecified atom stereocenters. The Balaban J connectivity index is 1.85. The summed E-state index contributed by atoms with van der Waals surface area (Å²) in [5, 5.41) is 9.49. The fourth-order valence-electron chi connectivity index (χ4n) is 3.81. The average molecular weight is 282 g/mol. The number of carbonyl (C=O) groups is 1. The normalized spacial score (nSPS) is 30.2. The minimum absolute atomic E-state index is 0.477. The summed E-state index contributed by atoms with van der Waals surface area (Å²) in [5.74, 6) is 0.137. The summed E-state index contributed by atoms with van der Waals surface area (Å²) in [5.41, 5.74) is -0.477. The van der Waals surface area contributed by atoms with Crippen LogP contribution in [0, 0.1) is 11.3 Å². The van der Waals surface area contributed by atoms with E-state index in [0.29, 0.717) is 6.04 Å². The fraction of sp³-hybridized carbons (Fsp3) is 0.938. The van der Waals surface area contributed by atoms with Crippen molar-refractivity contribution in [3.8, 4) is 0 Å². The van der Waals surface area contributed by atoms with Crippen molar-refractivity contribution in [2.45, 2.75) is 52.5 Å². The molecule has 4 heteroatoms. The van der Waals surface area contributed by atoms with Gasteiger partial charge in [-0.15, -0.1) is 0 Å². The van der Waals surface area contributed by atoms with Crippen molar-refractivity contribution in [1.29, 1.82) is 0 Å². The van der Waals surface area contributed by atoms with Crippen molar-refractivity contribution in [3.05, 3.63) is 0 Å². The molecule has 2 saturated heterocycles. The zero-order valence-corrected chi connectivity index (χ0v) is 13.3. The minimum atomic E-state index is -0.597. The Kier molecular flexibility index (Phi) is 5.08. The molecule has 4 nitrogen and oxygen atoms in total. The van der Waals surface area contributed by atoms with Crippen LogP contribution in [0.4, 0.5) is 0 Å². The first-order valence-electron chi connectivity index (χ1n) is 8.16. The van der Waals surface area contributed by atoms with Crippen LogP contribution >= 0.6 is 0 Å². The number of hydrogen-bond donors (Lipinski definition) is 1. The van der Waals surface area contributed by atoms with E-state index < -0.39 is 11.4 Å². The monoisotopic (exact) mass is 282 g/mol. The van der Waals surface area contributed by atoms with Crippen LogP contribution in [0.25, 0.3) is 0 Å². The minimum Gasteiger partial charge on any atom is -0.481 e. The van der Waals surface area contributed by atoms with Gasteiger partial charge in [-0.25, -0.2) is 0 Å². The number of likely N-dealkylation sites (tertiary alicyclic amines) is 2. The number of carboxylic acids is 1. The topological polar surface area (TPSA) is 43.8 Å². The first-order chi connectivity index (χ1) is 9.47. The second-order valence-corrected chi connectivity index (χ2v) is 7.09. The molecule has 0 aromatic rings. The SMILES string of the molecule is CCC1(C(=O)O)CCN(C2CCN(CC(C)C)CC2)C1. The van der Waals surface area contributed by atoms with E-state index in [-0.39, 0.29) is 0 Å². The molecular formula is C16H30N2O2. The molecule has 0 saturated carbocycles. The molecule has 0 bridgehead atoms. The Morgan fingerprint density at radius 1 is 1.30 bits per heavy atom. The average Bonchev–Trinajstić information content (AvgIpc) is 2.85. The van der Waals surface area contributed by atoms with Crippen LogP contribution in [0.1, 0.15) is 46.5 Å². The molecule has 0 aliphatic carbocycles.